The van der Waals surface area contributed by atoms with Crippen LogP contribution in [-0.4, -0.2) is 28.6 Å². The average molecular weight is 272 g/mol. The van der Waals surface area contributed by atoms with Crippen LogP contribution in [0.2, 0.25) is 0 Å². The molecular weight excluding hydrogens is 252 g/mol. The second-order valence-corrected chi connectivity index (χ2v) is 5.28. The molecule has 1 fully saturated rings. The fourth-order valence-electron chi connectivity index (χ4n) is 2.88. The van der Waals surface area contributed by atoms with Gasteiger partial charge in [-0.25, -0.2) is 4.98 Å². The first-order valence-electron chi connectivity index (χ1n) is 7.06. The fourth-order valence-corrected chi connectivity index (χ4v) is 2.88. The number of nitrogens with one attached hydrogen (secondary N) is 1. The number of rotatable bonds is 4. The van der Waals surface area contributed by atoms with Crippen LogP contribution < -0.4 is 5.32 Å². The molecule has 0 aromatic carbocycles. The van der Waals surface area contributed by atoms with Gasteiger partial charge in [0.15, 0.2) is 0 Å². The summed E-state index contributed by atoms with van der Waals surface area (Å²) in [7, 11) is 1.90. The van der Waals surface area contributed by atoms with Crippen molar-refractivity contribution < 1.29 is 4.52 Å². The zero-order valence-electron chi connectivity index (χ0n) is 12.0. The molecule has 0 amide bonds. The molecule has 5 nitrogen and oxygen atoms in total. The van der Waals surface area contributed by atoms with E-state index in [1.165, 1.54) is 18.4 Å². The summed E-state index contributed by atoms with van der Waals surface area (Å²) in [6.45, 7) is 3.88. The van der Waals surface area contributed by atoms with E-state index in [1.54, 1.807) is 0 Å². The van der Waals surface area contributed by atoms with Gasteiger partial charge in [-0.1, -0.05) is 5.16 Å². The Kier molecular flexibility index (Phi) is 3.69. The highest BCUT2D eigenvalue weighted by molar-refractivity contribution is 5.38. The summed E-state index contributed by atoms with van der Waals surface area (Å²) >= 11 is 0. The number of hydrogen-bond acceptors (Lipinski definition) is 5. The van der Waals surface area contributed by atoms with Gasteiger partial charge in [-0.15, -0.1) is 0 Å². The standard InChI is InChI=1S/C15H20N4O/c1-11-8-13(18-20-11)10-19-7-3-4-14(19)12-5-6-17-15(9-12)16-2/h5-6,8-9,14H,3-4,7,10H2,1-2H3,(H,16,17). The molecule has 0 aliphatic carbocycles. The predicted molar refractivity (Wildman–Crippen MR) is 77.4 cm³/mol. The molecule has 5 heteroatoms. The molecule has 20 heavy (non-hydrogen) atoms. The molecule has 1 aliphatic heterocycles. The van der Waals surface area contributed by atoms with Gasteiger partial charge in [-0.3, -0.25) is 4.90 Å². The van der Waals surface area contributed by atoms with Crippen molar-refractivity contribution in [3.05, 3.63) is 41.4 Å². The largest absolute Gasteiger partial charge is 0.373 e. The third kappa shape index (κ3) is 2.67. The van der Waals surface area contributed by atoms with E-state index in [0.717, 1.165) is 30.4 Å². The minimum absolute atomic E-state index is 0.446. The summed E-state index contributed by atoms with van der Waals surface area (Å²) in [4.78, 5) is 6.75. The van der Waals surface area contributed by atoms with Crippen molar-refractivity contribution in [3.8, 4) is 0 Å². The highest BCUT2D eigenvalue weighted by Gasteiger charge is 2.26. The summed E-state index contributed by atoms with van der Waals surface area (Å²) in [5.41, 5.74) is 2.33. The Balaban J connectivity index is 1.77. The predicted octanol–water partition coefficient (Wildman–Crippen LogP) is 2.76. The van der Waals surface area contributed by atoms with Crippen LogP contribution in [0.15, 0.2) is 28.9 Å². The molecule has 2 aromatic heterocycles. The molecule has 0 saturated carbocycles. The second kappa shape index (κ2) is 5.63. The van der Waals surface area contributed by atoms with Crippen LogP contribution >= 0.6 is 0 Å². The Morgan fingerprint density at radius 1 is 1.45 bits per heavy atom. The van der Waals surface area contributed by atoms with Crippen molar-refractivity contribution in [1.82, 2.24) is 15.0 Å². The number of aryl methyl sites for hydroxylation is 1. The molecule has 1 saturated heterocycles. The lowest BCUT2D eigenvalue weighted by atomic mass is 10.1. The highest BCUT2D eigenvalue weighted by Crippen LogP contribution is 2.33. The first-order chi connectivity index (χ1) is 9.76. The number of hydrogen-bond donors (Lipinski definition) is 1. The Hall–Kier alpha value is -1.88. The van der Waals surface area contributed by atoms with Crippen molar-refractivity contribution in [3.63, 3.8) is 0 Å². The van der Waals surface area contributed by atoms with Gasteiger partial charge in [-0.05, 0) is 44.0 Å². The third-order valence-corrected chi connectivity index (χ3v) is 3.83. The first kappa shape index (κ1) is 13.1. The zero-order valence-corrected chi connectivity index (χ0v) is 12.0. The number of anilines is 1. The molecule has 1 unspecified atom stereocenters. The van der Waals surface area contributed by atoms with Crippen LogP contribution in [-0.2, 0) is 6.54 Å². The summed E-state index contributed by atoms with van der Waals surface area (Å²) in [6, 6.07) is 6.71. The van der Waals surface area contributed by atoms with E-state index in [0.29, 0.717) is 6.04 Å². The van der Waals surface area contributed by atoms with E-state index in [-0.39, 0.29) is 0 Å². The van der Waals surface area contributed by atoms with Crippen LogP contribution in [0.25, 0.3) is 0 Å². The van der Waals surface area contributed by atoms with Crippen LogP contribution in [0.3, 0.4) is 0 Å². The van der Waals surface area contributed by atoms with Gasteiger partial charge in [-0.2, -0.15) is 0 Å². The van der Waals surface area contributed by atoms with Gasteiger partial charge in [0, 0.05) is 31.9 Å². The lowest BCUT2D eigenvalue weighted by Crippen LogP contribution is -2.23. The number of nitrogens with zero attached hydrogens (tertiary/aromatic N) is 3. The lowest BCUT2D eigenvalue weighted by molar-refractivity contribution is 0.240. The summed E-state index contributed by atoms with van der Waals surface area (Å²) in [5.74, 6) is 1.80. The van der Waals surface area contributed by atoms with Gasteiger partial charge in [0.1, 0.15) is 11.6 Å². The van der Waals surface area contributed by atoms with Gasteiger partial charge in [0.05, 0.1) is 5.69 Å². The quantitative estimate of drug-likeness (QED) is 0.927. The maximum absolute atomic E-state index is 5.16. The monoisotopic (exact) mass is 272 g/mol. The minimum atomic E-state index is 0.446. The normalized spacial score (nSPS) is 19.4. The fraction of sp³-hybridized carbons (Fsp3) is 0.467. The molecule has 0 bridgehead atoms. The smallest absolute Gasteiger partial charge is 0.133 e. The molecule has 0 radical (unpaired) electrons. The van der Waals surface area contributed by atoms with Gasteiger partial charge in [0.25, 0.3) is 0 Å². The van der Waals surface area contributed by atoms with Crippen LogP contribution in [0.4, 0.5) is 5.82 Å². The third-order valence-electron chi connectivity index (χ3n) is 3.83. The van der Waals surface area contributed by atoms with Crippen LogP contribution in [0.5, 0.6) is 0 Å². The van der Waals surface area contributed by atoms with E-state index in [1.807, 2.05) is 26.2 Å². The van der Waals surface area contributed by atoms with E-state index in [4.69, 9.17) is 4.52 Å². The summed E-state index contributed by atoms with van der Waals surface area (Å²) < 4.78 is 5.16. The van der Waals surface area contributed by atoms with Gasteiger partial charge < -0.3 is 9.84 Å². The highest BCUT2D eigenvalue weighted by atomic mass is 16.5. The maximum atomic E-state index is 5.16. The van der Waals surface area contributed by atoms with Crippen molar-refractivity contribution in [1.29, 1.82) is 0 Å². The second-order valence-electron chi connectivity index (χ2n) is 5.28. The van der Waals surface area contributed by atoms with Crippen molar-refractivity contribution >= 4 is 5.82 Å². The van der Waals surface area contributed by atoms with Crippen LogP contribution in [0, 0.1) is 6.92 Å². The van der Waals surface area contributed by atoms with Crippen molar-refractivity contribution in [2.75, 3.05) is 18.9 Å². The Morgan fingerprint density at radius 3 is 3.10 bits per heavy atom. The summed E-state index contributed by atoms with van der Waals surface area (Å²) in [5, 5.41) is 7.20. The zero-order chi connectivity index (χ0) is 13.9. The number of likely N-dealkylation sites (tertiary alicyclic amines) is 1. The lowest BCUT2D eigenvalue weighted by Gasteiger charge is -2.24. The van der Waals surface area contributed by atoms with E-state index in [9.17, 15) is 0 Å². The van der Waals surface area contributed by atoms with Crippen LogP contribution in [0.1, 0.15) is 35.9 Å². The molecule has 3 rings (SSSR count). The van der Waals surface area contributed by atoms with Crippen molar-refractivity contribution in [2.24, 2.45) is 0 Å². The Labute approximate surface area is 119 Å². The van der Waals surface area contributed by atoms with E-state index >= 15 is 0 Å². The molecule has 1 aliphatic rings. The molecule has 1 N–H and O–H groups in total. The number of aromatic nitrogens is 2. The SMILES string of the molecule is CNc1cc(C2CCCN2Cc2cc(C)on2)ccn1. The maximum Gasteiger partial charge on any atom is 0.133 e. The Bertz CT molecular complexity index is 581. The molecule has 3 heterocycles. The molecular formula is C15H20N4O. The first-order valence-corrected chi connectivity index (χ1v) is 7.06. The molecule has 106 valence electrons. The molecule has 0 spiro atoms. The Morgan fingerprint density at radius 2 is 2.35 bits per heavy atom. The minimum Gasteiger partial charge on any atom is -0.373 e. The molecule has 1 atom stereocenters. The average Bonchev–Trinajstić information content (AvgIpc) is 3.08. The van der Waals surface area contributed by atoms with E-state index in [2.05, 4.69) is 32.5 Å². The summed E-state index contributed by atoms with van der Waals surface area (Å²) in [6.07, 6.45) is 4.28. The van der Waals surface area contributed by atoms with Crippen molar-refractivity contribution in [2.45, 2.75) is 32.4 Å². The van der Waals surface area contributed by atoms with Gasteiger partial charge >= 0.3 is 0 Å². The van der Waals surface area contributed by atoms with Gasteiger partial charge in [0.2, 0.25) is 0 Å². The topological polar surface area (TPSA) is 54.2 Å². The molecule has 2 aromatic rings. The number of pyridine rings is 1. The van der Waals surface area contributed by atoms with E-state index < -0.39 is 0 Å².